The van der Waals surface area contributed by atoms with Crippen molar-refractivity contribution < 1.29 is 24.1 Å². The number of nitrogens with one attached hydrogen (secondary N) is 1. The third-order valence-electron chi connectivity index (χ3n) is 3.21. The number of aryl methyl sites for hydroxylation is 1. The van der Waals surface area contributed by atoms with E-state index in [1.165, 1.54) is 17.7 Å². The lowest BCUT2D eigenvalue weighted by molar-refractivity contribution is 0.0393. The van der Waals surface area contributed by atoms with Gasteiger partial charge in [-0.2, -0.15) is 0 Å². The molecule has 132 valence electrons. The van der Waals surface area contributed by atoms with Crippen molar-refractivity contribution in [2.75, 3.05) is 52.0 Å². The molecule has 9 heteroatoms. The molecule has 2 N–H and O–H groups in total. The molecule has 0 aromatic carbocycles. The van der Waals surface area contributed by atoms with Crippen molar-refractivity contribution in [3.05, 3.63) is 16.8 Å². The Labute approximate surface area is 143 Å². The largest absolute Gasteiger partial charge is 0.459 e. The van der Waals surface area contributed by atoms with Gasteiger partial charge in [-0.15, -0.1) is 11.3 Å². The number of aliphatic hydroxyl groups excluding tert-OH is 1. The third kappa shape index (κ3) is 4.60. The fraction of sp³-hybridized carbons (Fsp3) is 0.533. The Bertz CT molecular complexity index is 676. The SMILES string of the molecule is COCCOC(=O)c1sc2ncnc(NCCOCCO)c2c1C. The zero-order valence-electron chi connectivity index (χ0n) is 13.7. The maximum atomic E-state index is 12.2. The minimum Gasteiger partial charge on any atom is -0.459 e. The lowest BCUT2D eigenvalue weighted by Crippen LogP contribution is -2.12. The Morgan fingerprint density at radius 2 is 2.12 bits per heavy atom. The molecule has 0 radical (unpaired) electrons. The predicted molar refractivity (Wildman–Crippen MR) is 90.7 cm³/mol. The van der Waals surface area contributed by atoms with Crippen molar-refractivity contribution in [3.63, 3.8) is 0 Å². The molecule has 0 spiro atoms. The number of methoxy groups -OCH3 is 1. The number of carbonyl (C=O) groups is 1. The summed E-state index contributed by atoms with van der Waals surface area (Å²) in [7, 11) is 1.55. The molecule has 0 fully saturated rings. The van der Waals surface area contributed by atoms with Gasteiger partial charge in [0.15, 0.2) is 0 Å². The summed E-state index contributed by atoms with van der Waals surface area (Å²) in [6.45, 7) is 3.70. The number of hydrogen-bond donors (Lipinski definition) is 2. The van der Waals surface area contributed by atoms with E-state index >= 15 is 0 Å². The number of fused-ring (bicyclic) bond motifs is 1. The second-order valence-electron chi connectivity index (χ2n) is 4.85. The van der Waals surface area contributed by atoms with Crippen LogP contribution in [0.25, 0.3) is 10.2 Å². The molecule has 0 amide bonds. The smallest absolute Gasteiger partial charge is 0.348 e. The van der Waals surface area contributed by atoms with E-state index in [1.807, 2.05) is 6.92 Å². The van der Waals surface area contributed by atoms with Gasteiger partial charge >= 0.3 is 5.97 Å². The predicted octanol–water partition coefficient (Wildman–Crippen LogP) is 1.22. The van der Waals surface area contributed by atoms with Crippen LogP contribution in [0, 0.1) is 6.92 Å². The first-order valence-corrected chi connectivity index (χ1v) is 8.33. The number of anilines is 1. The number of ether oxygens (including phenoxy) is 3. The normalized spacial score (nSPS) is 11.0. The van der Waals surface area contributed by atoms with Crippen molar-refractivity contribution >= 4 is 33.3 Å². The fourth-order valence-corrected chi connectivity index (χ4v) is 3.13. The minimum absolute atomic E-state index is 0.00403. The van der Waals surface area contributed by atoms with Crippen LogP contribution < -0.4 is 5.32 Å². The van der Waals surface area contributed by atoms with Crippen molar-refractivity contribution in [3.8, 4) is 0 Å². The Morgan fingerprint density at radius 1 is 1.29 bits per heavy atom. The highest BCUT2D eigenvalue weighted by Crippen LogP contribution is 2.33. The average molecular weight is 355 g/mol. The highest BCUT2D eigenvalue weighted by molar-refractivity contribution is 7.20. The molecule has 2 aromatic heterocycles. The zero-order chi connectivity index (χ0) is 17.4. The van der Waals surface area contributed by atoms with E-state index < -0.39 is 0 Å². The highest BCUT2D eigenvalue weighted by atomic mass is 32.1. The minimum atomic E-state index is -0.384. The Balaban J connectivity index is 2.12. The first-order chi connectivity index (χ1) is 11.7. The number of carbonyl (C=O) groups excluding carboxylic acids is 1. The van der Waals surface area contributed by atoms with E-state index in [1.54, 1.807) is 7.11 Å². The van der Waals surface area contributed by atoms with Crippen LogP contribution in [0.5, 0.6) is 0 Å². The van der Waals surface area contributed by atoms with Gasteiger partial charge < -0.3 is 24.6 Å². The summed E-state index contributed by atoms with van der Waals surface area (Å²) in [6, 6.07) is 0. The lowest BCUT2D eigenvalue weighted by Gasteiger charge is -2.07. The number of aliphatic hydroxyl groups is 1. The van der Waals surface area contributed by atoms with E-state index in [0.29, 0.717) is 37.1 Å². The molecule has 24 heavy (non-hydrogen) atoms. The molecule has 0 aliphatic rings. The number of nitrogens with zero attached hydrogens (tertiary/aromatic N) is 2. The molecule has 0 bridgehead atoms. The summed E-state index contributed by atoms with van der Waals surface area (Å²) in [6.07, 6.45) is 1.45. The fourth-order valence-electron chi connectivity index (χ4n) is 2.09. The topological polar surface area (TPSA) is 103 Å². The second-order valence-corrected chi connectivity index (χ2v) is 5.85. The van der Waals surface area contributed by atoms with Crippen LogP contribution in [0.2, 0.25) is 0 Å². The monoisotopic (exact) mass is 355 g/mol. The van der Waals surface area contributed by atoms with Gasteiger partial charge in [0, 0.05) is 13.7 Å². The molecule has 0 unspecified atom stereocenters. The van der Waals surface area contributed by atoms with Crippen molar-refractivity contribution in [1.82, 2.24) is 9.97 Å². The van der Waals surface area contributed by atoms with Gasteiger partial charge in [-0.25, -0.2) is 14.8 Å². The van der Waals surface area contributed by atoms with E-state index in [0.717, 1.165) is 15.8 Å². The Kier molecular flexibility index (Phi) is 7.32. The van der Waals surface area contributed by atoms with Gasteiger partial charge in [0.25, 0.3) is 0 Å². The number of esters is 1. The van der Waals surface area contributed by atoms with Crippen LogP contribution in [0.15, 0.2) is 6.33 Å². The maximum Gasteiger partial charge on any atom is 0.348 e. The molecular weight excluding hydrogens is 334 g/mol. The summed E-state index contributed by atoms with van der Waals surface area (Å²) < 4.78 is 15.3. The molecule has 8 nitrogen and oxygen atoms in total. The van der Waals surface area contributed by atoms with Gasteiger partial charge in [-0.05, 0) is 12.5 Å². The third-order valence-corrected chi connectivity index (χ3v) is 4.39. The molecule has 2 aromatic rings. The van der Waals surface area contributed by atoms with Gasteiger partial charge in [0.1, 0.15) is 28.5 Å². The summed E-state index contributed by atoms with van der Waals surface area (Å²) in [5, 5.41) is 12.7. The molecule has 0 aliphatic carbocycles. The summed E-state index contributed by atoms with van der Waals surface area (Å²) in [5.41, 5.74) is 0.789. The van der Waals surface area contributed by atoms with Crippen LogP contribution >= 0.6 is 11.3 Å². The molecule has 0 saturated carbocycles. The molecule has 2 rings (SSSR count). The van der Waals surface area contributed by atoms with Gasteiger partial charge in [0.05, 0.1) is 31.8 Å². The molecule has 0 saturated heterocycles. The number of thiophene rings is 1. The van der Waals surface area contributed by atoms with Crippen LogP contribution in [0.4, 0.5) is 5.82 Å². The number of rotatable bonds is 10. The van der Waals surface area contributed by atoms with Gasteiger partial charge in [-0.1, -0.05) is 0 Å². The average Bonchev–Trinajstić information content (AvgIpc) is 2.93. The van der Waals surface area contributed by atoms with E-state index in [-0.39, 0.29) is 19.2 Å². The highest BCUT2D eigenvalue weighted by Gasteiger charge is 2.20. The Hall–Kier alpha value is -1.81. The second kappa shape index (κ2) is 9.48. The van der Waals surface area contributed by atoms with Crippen LogP contribution in [-0.4, -0.2) is 67.7 Å². The van der Waals surface area contributed by atoms with E-state index in [2.05, 4.69) is 15.3 Å². The van der Waals surface area contributed by atoms with Crippen molar-refractivity contribution in [1.29, 1.82) is 0 Å². The first-order valence-electron chi connectivity index (χ1n) is 7.51. The van der Waals surface area contributed by atoms with Crippen molar-refractivity contribution in [2.24, 2.45) is 0 Å². The van der Waals surface area contributed by atoms with Crippen LogP contribution in [0.3, 0.4) is 0 Å². The van der Waals surface area contributed by atoms with Gasteiger partial charge in [-0.3, -0.25) is 0 Å². The Morgan fingerprint density at radius 3 is 2.88 bits per heavy atom. The quantitative estimate of drug-likeness (QED) is 0.484. The summed E-state index contributed by atoms with van der Waals surface area (Å²) >= 11 is 1.28. The van der Waals surface area contributed by atoms with Crippen molar-refractivity contribution in [2.45, 2.75) is 6.92 Å². The number of aromatic nitrogens is 2. The number of hydrogen-bond acceptors (Lipinski definition) is 9. The molecule has 0 aliphatic heterocycles. The zero-order valence-corrected chi connectivity index (χ0v) is 14.5. The summed E-state index contributed by atoms with van der Waals surface area (Å²) in [4.78, 5) is 21.9. The molecule has 0 atom stereocenters. The van der Waals surface area contributed by atoms with E-state index in [9.17, 15) is 4.79 Å². The maximum absolute atomic E-state index is 12.2. The van der Waals surface area contributed by atoms with E-state index in [4.69, 9.17) is 19.3 Å². The molecule has 2 heterocycles. The first kappa shape index (κ1) is 18.5. The van der Waals surface area contributed by atoms with Crippen LogP contribution in [0.1, 0.15) is 15.2 Å². The standard InChI is InChI=1S/C15H21N3O5S/c1-10-11-13(16-3-5-22-6-4-19)17-9-18-14(11)24-12(10)15(20)23-8-7-21-2/h9,19H,3-8H2,1-2H3,(H,16,17,18). The van der Waals surface area contributed by atoms with Gasteiger partial charge in [0.2, 0.25) is 0 Å². The van der Waals surface area contributed by atoms with Crippen LogP contribution in [-0.2, 0) is 14.2 Å². The molecular formula is C15H21N3O5S. The lowest BCUT2D eigenvalue weighted by atomic mass is 10.2. The summed E-state index contributed by atoms with van der Waals surface area (Å²) in [5.74, 6) is 0.266.